The van der Waals surface area contributed by atoms with Gasteiger partial charge in [-0.15, -0.1) is 36.6 Å². The van der Waals surface area contributed by atoms with Crippen molar-refractivity contribution in [2.45, 2.75) is 5.79 Å². The Morgan fingerprint density at radius 1 is 1.35 bits per heavy atom. The number of amidine groups is 1. The van der Waals surface area contributed by atoms with Crippen LogP contribution in [0.1, 0.15) is 5.56 Å². The summed E-state index contributed by atoms with van der Waals surface area (Å²) >= 11 is 4.19. The summed E-state index contributed by atoms with van der Waals surface area (Å²) in [4.78, 5) is 4.30. The number of thiol groups is 1. The molecule has 112 valence electrons. The van der Waals surface area contributed by atoms with Gasteiger partial charge in [0.1, 0.15) is 12.3 Å². The van der Waals surface area contributed by atoms with Gasteiger partial charge < -0.3 is 19.5 Å². The molecule has 1 heterocycles. The third-order valence-electron chi connectivity index (χ3n) is 2.94. The van der Waals surface area contributed by atoms with Gasteiger partial charge in [-0.2, -0.15) is 0 Å². The Labute approximate surface area is 141 Å². The first-order valence-corrected chi connectivity index (χ1v) is 6.48. The highest BCUT2D eigenvalue weighted by atomic mass is 127. The molecular weight excluding hydrogens is 391 g/mol. The molecule has 1 aromatic rings. The van der Waals surface area contributed by atoms with Crippen LogP contribution in [0, 0.1) is 0 Å². The fourth-order valence-corrected chi connectivity index (χ4v) is 1.98. The van der Waals surface area contributed by atoms with E-state index >= 15 is 0 Å². The largest absolute Gasteiger partial charge is 0.497 e. The lowest BCUT2D eigenvalue weighted by molar-refractivity contribution is -0.156. The minimum Gasteiger partial charge on any atom is -0.497 e. The van der Waals surface area contributed by atoms with Gasteiger partial charge in [0.15, 0.2) is 5.17 Å². The van der Waals surface area contributed by atoms with Crippen molar-refractivity contribution in [3.05, 3.63) is 29.8 Å². The Bertz CT molecular complexity index is 447. The molecule has 5 nitrogen and oxygen atoms in total. The van der Waals surface area contributed by atoms with Crippen molar-refractivity contribution in [1.29, 1.82) is 0 Å². The lowest BCUT2D eigenvalue weighted by Gasteiger charge is -2.26. The van der Waals surface area contributed by atoms with Gasteiger partial charge >= 0.3 is 0 Å². The van der Waals surface area contributed by atoms with E-state index in [9.17, 15) is 0 Å². The predicted molar refractivity (Wildman–Crippen MR) is 92.3 cm³/mol. The number of benzene rings is 1. The van der Waals surface area contributed by atoms with Gasteiger partial charge in [0.2, 0.25) is 5.79 Å². The standard InChI is InChI=1S/C13H18N2O3S.HI/c1-14-12(19)15-9-13(17-7-8-18-13)10-3-5-11(16-2)6-4-10;/h3-6H,7-9H2,1-2H3,(H2,14,15,19);1H. The fourth-order valence-electron chi connectivity index (χ4n) is 1.91. The number of rotatable bonds is 4. The second-order valence-corrected chi connectivity index (χ2v) is 4.49. The number of nitrogens with zero attached hydrogens (tertiary/aromatic N) is 1. The highest BCUT2D eigenvalue weighted by molar-refractivity contribution is 14.0. The first-order valence-electron chi connectivity index (χ1n) is 6.04. The summed E-state index contributed by atoms with van der Waals surface area (Å²) in [6, 6.07) is 7.62. The molecule has 0 saturated carbocycles. The molecule has 0 radical (unpaired) electrons. The van der Waals surface area contributed by atoms with Crippen LogP contribution in [0.2, 0.25) is 0 Å². The van der Waals surface area contributed by atoms with Crippen molar-refractivity contribution in [2.24, 2.45) is 4.99 Å². The molecule has 1 aliphatic heterocycles. The number of hydrogen-bond acceptors (Lipinski definition) is 4. The Kier molecular flexibility index (Phi) is 7.07. The maximum atomic E-state index is 5.76. The topological polar surface area (TPSA) is 52.1 Å². The van der Waals surface area contributed by atoms with Crippen LogP contribution in [0.15, 0.2) is 29.3 Å². The minimum atomic E-state index is -0.822. The molecule has 0 aromatic heterocycles. The van der Waals surface area contributed by atoms with Gasteiger partial charge in [-0.1, -0.05) is 0 Å². The number of hydrogen-bond donors (Lipinski definition) is 2. The van der Waals surface area contributed by atoms with Crippen molar-refractivity contribution in [2.75, 3.05) is 33.9 Å². The SMILES string of the molecule is CN/C(S)=N/CC1(c2ccc(OC)cc2)OCCO1.I. The normalized spacial score (nSPS) is 17.4. The van der Waals surface area contributed by atoms with E-state index in [1.807, 2.05) is 24.3 Å². The van der Waals surface area contributed by atoms with Gasteiger partial charge in [-0.3, -0.25) is 4.99 Å². The maximum Gasteiger partial charge on any atom is 0.215 e. The summed E-state index contributed by atoms with van der Waals surface area (Å²) in [6.45, 7) is 1.48. The third-order valence-corrected chi connectivity index (χ3v) is 3.31. The first kappa shape index (κ1) is 17.5. The monoisotopic (exact) mass is 410 g/mol. The van der Waals surface area contributed by atoms with E-state index in [0.717, 1.165) is 11.3 Å². The number of methoxy groups -OCH3 is 1. The van der Waals surface area contributed by atoms with Crippen LogP contribution in [0.5, 0.6) is 5.75 Å². The number of aliphatic imine (C=N–C) groups is 1. The third kappa shape index (κ3) is 4.00. The van der Waals surface area contributed by atoms with E-state index in [1.54, 1.807) is 14.2 Å². The molecule has 0 spiro atoms. The van der Waals surface area contributed by atoms with Crippen LogP contribution in [-0.4, -0.2) is 39.1 Å². The van der Waals surface area contributed by atoms with Crippen molar-refractivity contribution in [1.82, 2.24) is 5.32 Å². The van der Waals surface area contributed by atoms with Crippen molar-refractivity contribution >= 4 is 41.8 Å². The maximum absolute atomic E-state index is 5.76. The average Bonchev–Trinajstić information content (AvgIpc) is 2.95. The Balaban J connectivity index is 0.00000200. The van der Waals surface area contributed by atoms with Gasteiger partial charge in [0.05, 0.1) is 20.3 Å². The molecule has 0 bridgehead atoms. The highest BCUT2D eigenvalue weighted by Crippen LogP contribution is 2.33. The molecule has 0 amide bonds. The first-order chi connectivity index (χ1) is 9.20. The zero-order chi connectivity index (χ0) is 13.7. The summed E-state index contributed by atoms with van der Waals surface area (Å²) in [6.07, 6.45) is 0. The zero-order valence-corrected chi connectivity index (χ0v) is 14.7. The van der Waals surface area contributed by atoms with Crippen molar-refractivity contribution in [3.63, 3.8) is 0 Å². The number of ether oxygens (including phenoxy) is 3. The van der Waals surface area contributed by atoms with Crippen LogP contribution in [0.25, 0.3) is 0 Å². The lowest BCUT2D eigenvalue weighted by Crippen LogP contribution is -2.31. The summed E-state index contributed by atoms with van der Waals surface area (Å²) in [5.41, 5.74) is 0.923. The van der Waals surface area contributed by atoms with E-state index in [-0.39, 0.29) is 24.0 Å². The van der Waals surface area contributed by atoms with E-state index < -0.39 is 5.79 Å². The second-order valence-electron chi connectivity index (χ2n) is 4.07. The molecule has 1 fully saturated rings. The van der Waals surface area contributed by atoms with E-state index in [4.69, 9.17) is 14.2 Å². The minimum absolute atomic E-state index is 0. The van der Waals surface area contributed by atoms with Gasteiger partial charge in [-0.25, -0.2) is 0 Å². The van der Waals surface area contributed by atoms with E-state index in [2.05, 4.69) is 22.9 Å². The number of nitrogens with one attached hydrogen (secondary N) is 1. The van der Waals surface area contributed by atoms with Crippen LogP contribution in [-0.2, 0) is 15.3 Å². The molecule has 1 aliphatic rings. The molecule has 0 aliphatic carbocycles. The highest BCUT2D eigenvalue weighted by Gasteiger charge is 2.38. The fraction of sp³-hybridized carbons (Fsp3) is 0.462. The molecule has 0 atom stereocenters. The van der Waals surface area contributed by atoms with Crippen LogP contribution < -0.4 is 10.1 Å². The van der Waals surface area contributed by atoms with Crippen LogP contribution >= 0.6 is 36.6 Å². The summed E-state index contributed by atoms with van der Waals surface area (Å²) in [7, 11) is 3.40. The molecule has 7 heteroatoms. The van der Waals surface area contributed by atoms with E-state index in [0.29, 0.717) is 24.9 Å². The summed E-state index contributed by atoms with van der Waals surface area (Å²) < 4.78 is 16.7. The zero-order valence-electron chi connectivity index (χ0n) is 11.5. The van der Waals surface area contributed by atoms with Crippen molar-refractivity contribution < 1.29 is 14.2 Å². The molecule has 20 heavy (non-hydrogen) atoms. The lowest BCUT2D eigenvalue weighted by atomic mass is 10.1. The molecular formula is C13H19IN2O3S. The molecule has 1 N–H and O–H groups in total. The van der Waals surface area contributed by atoms with Crippen LogP contribution in [0.3, 0.4) is 0 Å². The Morgan fingerprint density at radius 2 is 1.95 bits per heavy atom. The Morgan fingerprint density at radius 3 is 2.45 bits per heavy atom. The quantitative estimate of drug-likeness (QED) is 0.345. The van der Waals surface area contributed by atoms with Gasteiger partial charge in [0, 0.05) is 12.6 Å². The smallest absolute Gasteiger partial charge is 0.215 e. The van der Waals surface area contributed by atoms with Gasteiger partial charge in [0.25, 0.3) is 0 Å². The summed E-state index contributed by atoms with van der Waals surface area (Å²) in [5.74, 6) is -0.0256. The Hall–Kier alpha value is -0.510. The van der Waals surface area contributed by atoms with Crippen LogP contribution in [0.4, 0.5) is 0 Å². The van der Waals surface area contributed by atoms with E-state index in [1.165, 1.54) is 0 Å². The molecule has 0 unspecified atom stereocenters. The summed E-state index contributed by atoms with van der Waals surface area (Å²) in [5, 5.41) is 3.41. The van der Waals surface area contributed by atoms with Gasteiger partial charge in [-0.05, 0) is 24.3 Å². The average molecular weight is 410 g/mol. The molecule has 1 saturated heterocycles. The predicted octanol–water partition coefficient (Wildman–Crippen LogP) is 2.02. The molecule has 2 rings (SSSR count). The second kappa shape index (κ2) is 8.06. The van der Waals surface area contributed by atoms with Crippen molar-refractivity contribution in [3.8, 4) is 5.75 Å². The number of halogens is 1. The molecule has 1 aromatic carbocycles.